The second-order valence-corrected chi connectivity index (χ2v) is 7.25. The third-order valence-corrected chi connectivity index (χ3v) is 4.74. The highest BCUT2D eigenvalue weighted by Crippen LogP contribution is 2.26. The average Bonchev–Trinajstić information content (AvgIpc) is 2.55. The standard InChI is InChI=1S/C19H31N3O/c1-5-15(4)21-19(23)17-6-7-18(20-13-17)22-10-8-16(9-11-22)12-14(2)3/h6-7,13-16H,5,8-12H2,1-4H3,(H,21,23). The summed E-state index contributed by atoms with van der Waals surface area (Å²) < 4.78 is 0. The van der Waals surface area contributed by atoms with Gasteiger partial charge in [-0.1, -0.05) is 20.8 Å². The van der Waals surface area contributed by atoms with Gasteiger partial charge in [0.15, 0.2) is 0 Å². The zero-order chi connectivity index (χ0) is 16.8. The van der Waals surface area contributed by atoms with E-state index in [1.54, 1.807) is 6.20 Å². The lowest BCUT2D eigenvalue weighted by Gasteiger charge is -2.33. The molecule has 1 saturated heterocycles. The van der Waals surface area contributed by atoms with E-state index in [0.29, 0.717) is 5.56 Å². The van der Waals surface area contributed by atoms with Gasteiger partial charge in [0.25, 0.3) is 5.91 Å². The van der Waals surface area contributed by atoms with Crippen molar-refractivity contribution < 1.29 is 4.79 Å². The van der Waals surface area contributed by atoms with Crippen molar-refractivity contribution in [1.29, 1.82) is 0 Å². The molecule has 1 amide bonds. The van der Waals surface area contributed by atoms with E-state index in [1.807, 2.05) is 19.1 Å². The first-order valence-corrected chi connectivity index (χ1v) is 9.01. The van der Waals surface area contributed by atoms with Crippen LogP contribution in [0.3, 0.4) is 0 Å². The number of rotatable bonds is 6. The van der Waals surface area contributed by atoms with Gasteiger partial charge in [-0.15, -0.1) is 0 Å². The molecule has 0 aliphatic carbocycles. The quantitative estimate of drug-likeness (QED) is 0.866. The Morgan fingerprint density at radius 3 is 2.52 bits per heavy atom. The van der Waals surface area contributed by atoms with E-state index in [-0.39, 0.29) is 11.9 Å². The van der Waals surface area contributed by atoms with Crippen LogP contribution in [0.15, 0.2) is 18.3 Å². The number of anilines is 1. The average molecular weight is 317 g/mol. The van der Waals surface area contributed by atoms with Crippen molar-refractivity contribution in [3.63, 3.8) is 0 Å². The molecule has 1 aliphatic rings. The number of carbonyl (C=O) groups excluding carboxylic acids is 1. The molecular weight excluding hydrogens is 286 g/mol. The molecule has 0 bridgehead atoms. The van der Waals surface area contributed by atoms with Crippen molar-refractivity contribution >= 4 is 11.7 Å². The van der Waals surface area contributed by atoms with Crippen LogP contribution in [0.1, 0.15) is 63.7 Å². The molecule has 0 aromatic carbocycles. The molecule has 4 heteroatoms. The molecule has 1 atom stereocenters. The van der Waals surface area contributed by atoms with E-state index in [0.717, 1.165) is 37.2 Å². The monoisotopic (exact) mass is 317 g/mol. The normalized spacial score (nSPS) is 17.3. The summed E-state index contributed by atoms with van der Waals surface area (Å²) >= 11 is 0. The molecule has 4 nitrogen and oxygen atoms in total. The number of aromatic nitrogens is 1. The Balaban J connectivity index is 1.89. The molecule has 1 aromatic rings. The number of nitrogens with zero attached hydrogens (tertiary/aromatic N) is 2. The van der Waals surface area contributed by atoms with Crippen molar-refractivity contribution in [3.8, 4) is 0 Å². The van der Waals surface area contributed by atoms with Crippen LogP contribution >= 0.6 is 0 Å². The summed E-state index contributed by atoms with van der Waals surface area (Å²) in [6.07, 6.45) is 6.46. The maximum Gasteiger partial charge on any atom is 0.253 e. The molecule has 1 aromatic heterocycles. The van der Waals surface area contributed by atoms with Crippen LogP contribution < -0.4 is 10.2 Å². The molecule has 1 unspecified atom stereocenters. The first kappa shape index (κ1) is 17.8. The topological polar surface area (TPSA) is 45.2 Å². The molecule has 0 spiro atoms. The van der Waals surface area contributed by atoms with Gasteiger partial charge >= 0.3 is 0 Å². The Morgan fingerprint density at radius 2 is 2.00 bits per heavy atom. The Morgan fingerprint density at radius 1 is 1.30 bits per heavy atom. The molecule has 23 heavy (non-hydrogen) atoms. The van der Waals surface area contributed by atoms with Gasteiger partial charge in [-0.3, -0.25) is 4.79 Å². The van der Waals surface area contributed by atoms with Crippen LogP contribution in [0, 0.1) is 11.8 Å². The number of nitrogens with one attached hydrogen (secondary N) is 1. The number of pyridine rings is 1. The first-order chi connectivity index (χ1) is 11.0. The Bertz CT molecular complexity index is 490. The van der Waals surface area contributed by atoms with E-state index < -0.39 is 0 Å². The van der Waals surface area contributed by atoms with Crippen molar-refractivity contribution in [2.45, 2.75) is 59.4 Å². The van der Waals surface area contributed by atoms with Crippen LogP contribution in [0.4, 0.5) is 5.82 Å². The van der Waals surface area contributed by atoms with E-state index >= 15 is 0 Å². The lowest BCUT2D eigenvalue weighted by Crippen LogP contribution is -2.35. The van der Waals surface area contributed by atoms with E-state index in [1.165, 1.54) is 19.3 Å². The minimum atomic E-state index is -0.0333. The van der Waals surface area contributed by atoms with Gasteiger partial charge in [-0.05, 0) is 56.6 Å². The van der Waals surface area contributed by atoms with Crippen molar-refractivity contribution in [1.82, 2.24) is 10.3 Å². The number of hydrogen-bond acceptors (Lipinski definition) is 3. The van der Waals surface area contributed by atoms with Gasteiger partial charge in [0, 0.05) is 25.3 Å². The highest BCUT2D eigenvalue weighted by Gasteiger charge is 2.21. The summed E-state index contributed by atoms with van der Waals surface area (Å²) in [5.74, 6) is 2.60. The molecule has 1 aliphatic heterocycles. The van der Waals surface area contributed by atoms with Gasteiger partial charge in [0.1, 0.15) is 5.82 Å². The van der Waals surface area contributed by atoms with Gasteiger partial charge < -0.3 is 10.2 Å². The summed E-state index contributed by atoms with van der Waals surface area (Å²) in [7, 11) is 0. The molecule has 1 N–H and O–H groups in total. The van der Waals surface area contributed by atoms with E-state index in [9.17, 15) is 4.79 Å². The minimum Gasteiger partial charge on any atom is -0.357 e. The molecular formula is C19H31N3O. The predicted octanol–water partition coefficient (Wildman–Crippen LogP) is 3.87. The Hall–Kier alpha value is -1.58. The second-order valence-electron chi connectivity index (χ2n) is 7.25. The second kappa shape index (κ2) is 8.32. The molecule has 2 rings (SSSR count). The van der Waals surface area contributed by atoms with Crippen molar-refractivity contribution in [3.05, 3.63) is 23.9 Å². The molecule has 2 heterocycles. The Kier molecular flexibility index (Phi) is 6.43. The number of amides is 1. The molecule has 128 valence electrons. The lowest BCUT2D eigenvalue weighted by molar-refractivity contribution is 0.0939. The third kappa shape index (κ3) is 5.22. The lowest BCUT2D eigenvalue weighted by atomic mass is 9.88. The van der Waals surface area contributed by atoms with Gasteiger partial charge in [-0.25, -0.2) is 4.98 Å². The fourth-order valence-corrected chi connectivity index (χ4v) is 3.18. The smallest absolute Gasteiger partial charge is 0.253 e. The van der Waals surface area contributed by atoms with Crippen molar-refractivity contribution in [2.75, 3.05) is 18.0 Å². The van der Waals surface area contributed by atoms with Gasteiger partial charge in [0.2, 0.25) is 0 Å². The van der Waals surface area contributed by atoms with Crippen LogP contribution in [0.2, 0.25) is 0 Å². The molecule has 0 saturated carbocycles. The summed E-state index contributed by atoms with van der Waals surface area (Å²) in [6.45, 7) is 10.8. The first-order valence-electron chi connectivity index (χ1n) is 9.01. The van der Waals surface area contributed by atoms with Crippen molar-refractivity contribution in [2.24, 2.45) is 11.8 Å². The molecule has 1 fully saturated rings. The summed E-state index contributed by atoms with van der Waals surface area (Å²) in [4.78, 5) is 18.9. The van der Waals surface area contributed by atoms with Crippen LogP contribution in [-0.2, 0) is 0 Å². The minimum absolute atomic E-state index is 0.0333. The fourth-order valence-electron chi connectivity index (χ4n) is 3.18. The number of hydrogen-bond donors (Lipinski definition) is 1. The highest BCUT2D eigenvalue weighted by atomic mass is 16.1. The maximum atomic E-state index is 12.1. The van der Waals surface area contributed by atoms with E-state index in [4.69, 9.17) is 0 Å². The summed E-state index contributed by atoms with van der Waals surface area (Å²) in [5, 5.41) is 2.98. The van der Waals surface area contributed by atoms with Gasteiger partial charge in [-0.2, -0.15) is 0 Å². The highest BCUT2D eigenvalue weighted by molar-refractivity contribution is 5.94. The van der Waals surface area contributed by atoms with Crippen LogP contribution in [0.25, 0.3) is 0 Å². The predicted molar refractivity (Wildman–Crippen MR) is 95.8 cm³/mol. The maximum absolute atomic E-state index is 12.1. The zero-order valence-electron chi connectivity index (χ0n) is 15.0. The number of piperidine rings is 1. The fraction of sp³-hybridized carbons (Fsp3) is 0.684. The zero-order valence-corrected chi connectivity index (χ0v) is 15.0. The SMILES string of the molecule is CCC(C)NC(=O)c1ccc(N2CCC(CC(C)C)CC2)nc1. The third-order valence-electron chi connectivity index (χ3n) is 4.74. The van der Waals surface area contributed by atoms with Gasteiger partial charge in [0.05, 0.1) is 5.56 Å². The summed E-state index contributed by atoms with van der Waals surface area (Å²) in [6, 6.07) is 4.07. The largest absolute Gasteiger partial charge is 0.357 e. The van der Waals surface area contributed by atoms with Crippen LogP contribution in [0.5, 0.6) is 0 Å². The van der Waals surface area contributed by atoms with E-state index in [2.05, 4.69) is 36.0 Å². The molecule has 0 radical (unpaired) electrons. The summed E-state index contributed by atoms with van der Waals surface area (Å²) in [5.41, 5.74) is 0.642. The number of carbonyl (C=O) groups is 1. The Labute approximate surface area is 140 Å². The van der Waals surface area contributed by atoms with Crippen LogP contribution in [-0.4, -0.2) is 30.0 Å².